The van der Waals surface area contributed by atoms with Gasteiger partial charge >= 0.3 is 6.01 Å². The number of rotatable bonds is 9. The summed E-state index contributed by atoms with van der Waals surface area (Å²) >= 11 is 6.00. The molecule has 0 atom stereocenters. The maximum absolute atomic E-state index is 6.00. The molecule has 1 rings (SSSR count). The third-order valence-corrected chi connectivity index (χ3v) is 3.26. The molecule has 0 unspecified atom stereocenters. The fourth-order valence-corrected chi connectivity index (χ4v) is 2.23. The van der Waals surface area contributed by atoms with Gasteiger partial charge in [-0.25, -0.2) is 0 Å². The summed E-state index contributed by atoms with van der Waals surface area (Å²) in [6.45, 7) is 9.41. The quantitative estimate of drug-likeness (QED) is 0.698. The number of hydrogen-bond acceptors (Lipinski definition) is 6. The van der Waals surface area contributed by atoms with Crippen molar-refractivity contribution in [3.05, 3.63) is 5.28 Å². The highest BCUT2D eigenvalue weighted by Crippen LogP contribution is 2.20. The topological polar surface area (TPSA) is 60.4 Å². The molecule has 0 radical (unpaired) electrons. The van der Waals surface area contributed by atoms with Crippen LogP contribution in [0.4, 0.5) is 5.95 Å². The Morgan fingerprint density at radius 1 is 1.14 bits per heavy atom. The lowest BCUT2D eigenvalue weighted by Gasteiger charge is -2.30. The minimum Gasteiger partial charge on any atom is -0.461 e. The van der Waals surface area contributed by atoms with E-state index in [1.807, 2.05) is 13.8 Å². The van der Waals surface area contributed by atoms with E-state index in [1.54, 1.807) is 7.11 Å². The number of methoxy groups -OCH3 is 1. The van der Waals surface area contributed by atoms with Crippen molar-refractivity contribution in [2.24, 2.45) is 0 Å². The maximum Gasteiger partial charge on any atom is 0.322 e. The molecule has 120 valence electrons. The van der Waals surface area contributed by atoms with Gasteiger partial charge in [0, 0.05) is 19.7 Å². The van der Waals surface area contributed by atoms with Crippen LogP contribution in [0.3, 0.4) is 0 Å². The van der Waals surface area contributed by atoms with Crippen LogP contribution in [-0.4, -0.2) is 47.4 Å². The second-order valence-electron chi connectivity index (χ2n) is 5.01. The van der Waals surface area contributed by atoms with E-state index >= 15 is 0 Å². The van der Waals surface area contributed by atoms with E-state index < -0.39 is 0 Å². The maximum atomic E-state index is 6.00. The van der Waals surface area contributed by atoms with Crippen molar-refractivity contribution in [3.8, 4) is 6.01 Å². The molecule has 0 aromatic carbocycles. The average Bonchev–Trinajstić information content (AvgIpc) is 2.42. The Morgan fingerprint density at radius 2 is 1.81 bits per heavy atom. The molecular weight excluding hydrogens is 292 g/mol. The number of hydrogen-bond donors (Lipinski definition) is 0. The molecule has 1 heterocycles. The lowest BCUT2D eigenvalue weighted by atomic mass is 10.1. The second-order valence-corrected chi connectivity index (χ2v) is 5.35. The third-order valence-electron chi connectivity index (χ3n) is 3.09. The van der Waals surface area contributed by atoms with Crippen LogP contribution in [-0.2, 0) is 4.74 Å². The summed E-state index contributed by atoms with van der Waals surface area (Å²) in [5.41, 5.74) is 0. The van der Waals surface area contributed by atoms with E-state index in [4.69, 9.17) is 21.1 Å². The lowest BCUT2D eigenvalue weighted by Crippen LogP contribution is -2.38. The Bertz CT molecular complexity index is 427. The fraction of sp³-hybridized carbons (Fsp3) is 0.786. The first-order valence-electron chi connectivity index (χ1n) is 7.35. The van der Waals surface area contributed by atoms with Gasteiger partial charge in [-0.05, 0) is 38.3 Å². The van der Waals surface area contributed by atoms with Crippen LogP contribution in [0.2, 0.25) is 5.28 Å². The molecule has 0 amide bonds. The van der Waals surface area contributed by atoms with Gasteiger partial charge < -0.3 is 14.4 Å². The molecule has 0 fully saturated rings. The minimum absolute atomic E-state index is 0.0168. The molecule has 7 heteroatoms. The van der Waals surface area contributed by atoms with Crippen LogP contribution in [0.25, 0.3) is 0 Å². The molecule has 0 aliphatic rings. The SMILES string of the molecule is CCC(CC)N(CCOC)c1nc(Cl)nc(OC(C)C)n1. The van der Waals surface area contributed by atoms with Gasteiger partial charge in [-0.15, -0.1) is 0 Å². The molecular formula is C14H25ClN4O2. The Hall–Kier alpha value is -1.14. The van der Waals surface area contributed by atoms with Gasteiger partial charge in [0.25, 0.3) is 0 Å². The second kappa shape index (κ2) is 9.00. The van der Waals surface area contributed by atoms with Crippen molar-refractivity contribution in [2.45, 2.75) is 52.7 Å². The summed E-state index contributed by atoms with van der Waals surface area (Å²) in [5, 5.41) is 0.143. The van der Waals surface area contributed by atoms with Crippen LogP contribution >= 0.6 is 11.6 Å². The van der Waals surface area contributed by atoms with E-state index in [0.29, 0.717) is 25.1 Å². The van der Waals surface area contributed by atoms with E-state index in [-0.39, 0.29) is 17.4 Å². The number of aromatic nitrogens is 3. The molecule has 1 aromatic rings. The number of nitrogens with zero attached hydrogens (tertiary/aromatic N) is 4. The lowest BCUT2D eigenvalue weighted by molar-refractivity contribution is 0.201. The van der Waals surface area contributed by atoms with Crippen LogP contribution < -0.4 is 9.64 Å². The predicted octanol–water partition coefficient (Wildman–Crippen LogP) is 2.95. The molecule has 0 N–H and O–H groups in total. The Morgan fingerprint density at radius 3 is 2.33 bits per heavy atom. The molecule has 0 aliphatic heterocycles. The first kappa shape index (κ1) is 17.9. The van der Waals surface area contributed by atoms with Crippen molar-refractivity contribution in [1.29, 1.82) is 0 Å². The monoisotopic (exact) mass is 316 g/mol. The zero-order chi connectivity index (χ0) is 15.8. The third kappa shape index (κ3) is 5.63. The van der Waals surface area contributed by atoms with Crippen molar-refractivity contribution in [2.75, 3.05) is 25.2 Å². The molecule has 0 spiro atoms. The van der Waals surface area contributed by atoms with E-state index in [2.05, 4.69) is 33.7 Å². The van der Waals surface area contributed by atoms with E-state index in [0.717, 1.165) is 12.8 Å². The molecule has 21 heavy (non-hydrogen) atoms. The highest BCUT2D eigenvalue weighted by molar-refractivity contribution is 6.28. The van der Waals surface area contributed by atoms with Crippen molar-refractivity contribution >= 4 is 17.5 Å². The highest BCUT2D eigenvalue weighted by atomic mass is 35.5. The molecule has 0 aliphatic carbocycles. The van der Waals surface area contributed by atoms with Crippen LogP contribution in [0.15, 0.2) is 0 Å². The van der Waals surface area contributed by atoms with Gasteiger partial charge in [0.2, 0.25) is 11.2 Å². The number of anilines is 1. The molecule has 1 aromatic heterocycles. The predicted molar refractivity (Wildman–Crippen MR) is 84.2 cm³/mol. The standard InChI is InChI=1S/C14H25ClN4O2/c1-6-11(7-2)19(8-9-20-5)13-16-12(15)17-14(18-13)21-10(3)4/h10-11H,6-9H2,1-5H3. The zero-order valence-electron chi connectivity index (χ0n) is 13.5. The fourth-order valence-electron chi connectivity index (χ4n) is 2.08. The summed E-state index contributed by atoms with van der Waals surface area (Å²) in [5.74, 6) is 0.538. The van der Waals surface area contributed by atoms with Gasteiger partial charge in [-0.1, -0.05) is 13.8 Å². The van der Waals surface area contributed by atoms with E-state index in [1.165, 1.54) is 0 Å². The molecule has 0 saturated heterocycles. The average molecular weight is 317 g/mol. The van der Waals surface area contributed by atoms with Gasteiger partial charge in [0.1, 0.15) is 0 Å². The first-order valence-corrected chi connectivity index (χ1v) is 7.73. The molecule has 6 nitrogen and oxygen atoms in total. The summed E-state index contributed by atoms with van der Waals surface area (Å²) < 4.78 is 10.7. The van der Waals surface area contributed by atoms with E-state index in [9.17, 15) is 0 Å². The Kier molecular flexibility index (Phi) is 7.67. The molecule has 0 saturated carbocycles. The highest BCUT2D eigenvalue weighted by Gasteiger charge is 2.20. The van der Waals surface area contributed by atoms with Crippen LogP contribution in [0.1, 0.15) is 40.5 Å². The normalized spacial score (nSPS) is 11.2. The van der Waals surface area contributed by atoms with Gasteiger partial charge in [0.05, 0.1) is 12.7 Å². The van der Waals surface area contributed by atoms with Gasteiger partial charge in [-0.2, -0.15) is 15.0 Å². The largest absolute Gasteiger partial charge is 0.461 e. The zero-order valence-corrected chi connectivity index (χ0v) is 14.2. The summed E-state index contributed by atoms with van der Waals surface area (Å²) in [4.78, 5) is 14.7. The van der Waals surface area contributed by atoms with Crippen molar-refractivity contribution < 1.29 is 9.47 Å². The minimum atomic E-state index is -0.0168. The number of ether oxygens (including phenoxy) is 2. The molecule has 0 bridgehead atoms. The van der Waals surface area contributed by atoms with Crippen molar-refractivity contribution in [1.82, 2.24) is 15.0 Å². The van der Waals surface area contributed by atoms with Crippen LogP contribution in [0.5, 0.6) is 6.01 Å². The van der Waals surface area contributed by atoms with Crippen LogP contribution in [0, 0.1) is 0 Å². The van der Waals surface area contributed by atoms with Gasteiger partial charge in [0.15, 0.2) is 0 Å². The summed E-state index contributed by atoms with van der Waals surface area (Å²) in [6, 6.07) is 0.582. The van der Waals surface area contributed by atoms with Crippen molar-refractivity contribution in [3.63, 3.8) is 0 Å². The summed E-state index contributed by atoms with van der Waals surface area (Å²) in [7, 11) is 1.68. The Balaban J connectivity index is 3.07. The van der Waals surface area contributed by atoms with Gasteiger partial charge in [-0.3, -0.25) is 0 Å². The summed E-state index contributed by atoms with van der Waals surface area (Å²) in [6.07, 6.45) is 1.96. The number of halogens is 1. The first-order chi connectivity index (χ1) is 10.0. The Labute approximate surface area is 131 Å². The smallest absolute Gasteiger partial charge is 0.322 e.